The van der Waals surface area contributed by atoms with Gasteiger partial charge in [-0.1, -0.05) is 6.42 Å². The Morgan fingerprint density at radius 1 is 1.31 bits per heavy atom. The van der Waals surface area contributed by atoms with Gasteiger partial charge in [-0.3, -0.25) is 0 Å². The van der Waals surface area contributed by atoms with Gasteiger partial charge in [0.25, 0.3) is 10.2 Å². The molecule has 7 heteroatoms. The van der Waals surface area contributed by atoms with Crippen molar-refractivity contribution in [1.82, 2.24) is 9.03 Å². The van der Waals surface area contributed by atoms with Crippen LogP contribution < -0.4 is 10.5 Å². The lowest BCUT2D eigenvalue weighted by atomic mass is 10.2. The molecule has 3 N–H and O–H groups in total. The van der Waals surface area contributed by atoms with Crippen molar-refractivity contribution >= 4 is 10.2 Å². The molecule has 0 unspecified atom stereocenters. The first-order valence-corrected chi connectivity index (χ1v) is 6.88. The third-order valence-electron chi connectivity index (χ3n) is 2.18. The number of nitrogens with zero attached hydrogens (tertiary/aromatic N) is 1. The molecule has 0 fully saturated rings. The van der Waals surface area contributed by atoms with Crippen LogP contribution in [0.5, 0.6) is 0 Å². The molecule has 16 heavy (non-hydrogen) atoms. The van der Waals surface area contributed by atoms with Crippen LogP contribution in [-0.4, -0.2) is 53.1 Å². The fraction of sp³-hybridized carbons (Fsp3) is 1.00. The average molecular weight is 253 g/mol. The summed E-state index contributed by atoms with van der Waals surface area (Å²) in [6.07, 6.45) is 2.72. The summed E-state index contributed by atoms with van der Waals surface area (Å²) < 4.78 is 31.7. The molecule has 0 aromatic heterocycles. The molecule has 0 aliphatic heterocycles. The minimum absolute atomic E-state index is 0.298. The van der Waals surface area contributed by atoms with Crippen LogP contribution >= 0.6 is 0 Å². The summed E-state index contributed by atoms with van der Waals surface area (Å²) in [5.74, 6) is 0. The minimum Gasteiger partial charge on any atom is -0.383 e. The average Bonchev–Trinajstić information content (AvgIpc) is 2.24. The SMILES string of the molecule is COCCNS(=O)(=O)N(C)CCCCCN. The number of rotatable bonds is 10. The van der Waals surface area contributed by atoms with E-state index < -0.39 is 10.2 Å². The van der Waals surface area contributed by atoms with E-state index in [-0.39, 0.29) is 0 Å². The molecular weight excluding hydrogens is 230 g/mol. The Balaban J connectivity index is 3.81. The lowest BCUT2D eigenvalue weighted by Gasteiger charge is -2.17. The van der Waals surface area contributed by atoms with Crippen molar-refractivity contribution in [2.45, 2.75) is 19.3 Å². The van der Waals surface area contributed by atoms with Crippen LogP contribution in [-0.2, 0) is 14.9 Å². The lowest BCUT2D eigenvalue weighted by molar-refractivity contribution is 0.204. The van der Waals surface area contributed by atoms with E-state index >= 15 is 0 Å². The number of methoxy groups -OCH3 is 1. The van der Waals surface area contributed by atoms with E-state index in [1.807, 2.05) is 0 Å². The van der Waals surface area contributed by atoms with Crippen molar-refractivity contribution in [3.63, 3.8) is 0 Å². The highest BCUT2D eigenvalue weighted by atomic mass is 32.2. The largest absolute Gasteiger partial charge is 0.383 e. The van der Waals surface area contributed by atoms with E-state index in [4.69, 9.17) is 10.5 Å². The van der Waals surface area contributed by atoms with Crippen molar-refractivity contribution in [2.75, 3.05) is 40.4 Å². The van der Waals surface area contributed by atoms with E-state index in [0.717, 1.165) is 19.3 Å². The number of hydrogen-bond acceptors (Lipinski definition) is 4. The molecule has 0 saturated carbocycles. The van der Waals surface area contributed by atoms with Gasteiger partial charge < -0.3 is 10.5 Å². The van der Waals surface area contributed by atoms with Crippen molar-refractivity contribution in [1.29, 1.82) is 0 Å². The van der Waals surface area contributed by atoms with Gasteiger partial charge in [-0.2, -0.15) is 17.4 Å². The molecule has 0 rings (SSSR count). The Morgan fingerprint density at radius 3 is 2.56 bits per heavy atom. The highest BCUT2D eigenvalue weighted by Gasteiger charge is 2.15. The molecule has 0 aromatic carbocycles. The molecule has 0 aromatic rings. The van der Waals surface area contributed by atoms with E-state index in [2.05, 4.69) is 4.72 Å². The first-order chi connectivity index (χ1) is 7.54. The highest BCUT2D eigenvalue weighted by molar-refractivity contribution is 7.87. The molecule has 0 aliphatic carbocycles. The lowest BCUT2D eigenvalue weighted by Crippen LogP contribution is -2.40. The maximum absolute atomic E-state index is 11.6. The first-order valence-electron chi connectivity index (χ1n) is 5.44. The number of nitrogens with two attached hydrogens (primary N) is 1. The van der Waals surface area contributed by atoms with E-state index in [1.165, 1.54) is 11.4 Å². The molecule has 0 bridgehead atoms. The fourth-order valence-corrected chi connectivity index (χ4v) is 2.09. The number of unbranched alkanes of at least 4 members (excludes halogenated alkanes) is 2. The second kappa shape index (κ2) is 8.89. The zero-order valence-corrected chi connectivity index (χ0v) is 10.9. The summed E-state index contributed by atoms with van der Waals surface area (Å²) in [4.78, 5) is 0. The van der Waals surface area contributed by atoms with Gasteiger partial charge in [0, 0.05) is 27.2 Å². The van der Waals surface area contributed by atoms with Gasteiger partial charge in [0.05, 0.1) is 6.61 Å². The maximum atomic E-state index is 11.6. The summed E-state index contributed by atoms with van der Waals surface area (Å²) in [5.41, 5.74) is 5.35. The Hall–Kier alpha value is -0.210. The summed E-state index contributed by atoms with van der Waals surface area (Å²) in [6, 6.07) is 0. The zero-order chi connectivity index (χ0) is 12.4. The summed E-state index contributed by atoms with van der Waals surface area (Å²) >= 11 is 0. The second-order valence-corrected chi connectivity index (χ2v) is 5.43. The molecule has 0 amide bonds. The van der Waals surface area contributed by atoms with Crippen LogP contribution in [0.3, 0.4) is 0 Å². The van der Waals surface area contributed by atoms with Crippen molar-refractivity contribution in [2.24, 2.45) is 5.73 Å². The first kappa shape index (κ1) is 15.8. The molecule has 0 heterocycles. The third kappa shape index (κ3) is 7.13. The Kier molecular flexibility index (Phi) is 8.77. The second-order valence-electron chi connectivity index (χ2n) is 3.56. The number of hydrogen-bond donors (Lipinski definition) is 2. The predicted molar refractivity (Wildman–Crippen MR) is 64.3 cm³/mol. The molecule has 0 saturated heterocycles. The summed E-state index contributed by atoms with van der Waals surface area (Å²) in [5, 5.41) is 0. The Bertz CT molecular complexity index is 257. The molecular formula is C9H23N3O3S. The van der Waals surface area contributed by atoms with Crippen molar-refractivity contribution in [3.05, 3.63) is 0 Å². The van der Waals surface area contributed by atoms with Crippen LogP contribution in [0.1, 0.15) is 19.3 Å². The summed E-state index contributed by atoms with van der Waals surface area (Å²) in [6.45, 7) is 1.84. The molecule has 0 spiro atoms. The monoisotopic (exact) mass is 253 g/mol. The zero-order valence-electron chi connectivity index (χ0n) is 10.1. The van der Waals surface area contributed by atoms with E-state index in [9.17, 15) is 8.42 Å². The molecule has 6 nitrogen and oxygen atoms in total. The Labute approximate surface area is 98.3 Å². The van der Waals surface area contributed by atoms with Gasteiger partial charge >= 0.3 is 0 Å². The van der Waals surface area contributed by atoms with Crippen LogP contribution in [0.2, 0.25) is 0 Å². The summed E-state index contributed by atoms with van der Waals surface area (Å²) in [7, 11) is -0.248. The number of ether oxygens (including phenoxy) is 1. The van der Waals surface area contributed by atoms with Gasteiger partial charge in [-0.15, -0.1) is 0 Å². The highest BCUT2D eigenvalue weighted by Crippen LogP contribution is 1.99. The predicted octanol–water partition coefficient (Wildman–Crippen LogP) is -0.472. The Morgan fingerprint density at radius 2 is 2.00 bits per heavy atom. The molecule has 0 atom stereocenters. The smallest absolute Gasteiger partial charge is 0.279 e. The molecule has 98 valence electrons. The van der Waals surface area contributed by atoms with Crippen molar-refractivity contribution in [3.8, 4) is 0 Å². The van der Waals surface area contributed by atoms with Gasteiger partial charge in [0.1, 0.15) is 0 Å². The van der Waals surface area contributed by atoms with Gasteiger partial charge in [0.2, 0.25) is 0 Å². The quantitative estimate of drug-likeness (QED) is 0.515. The maximum Gasteiger partial charge on any atom is 0.279 e. The molecule has 0 radical (unpaired) electrons. The van der Waals surface area contributed by atoms with E-state index in [0.29, 0.717) is 26.2 Å². The van der Waals surface area contributed by atoms with Crippen LogP contribution in [0, 0.1) is 0 Å². The molecule has 0 aliphatic rings. The van der Waals surface area contributed by atoms with Crippen LogP contribution in [0.4, 0.5) is 0 Å². The van der Waals surface area contributed by atoms with Crippen molar-refractivity contribution < 1.29 is 13.2 Å². The van der Waals surface area contributed by atoms with E-state index in [1.54, 1.807) is 7.05 Å². The van der Waals surface area contributed by atoms with Gasteiger partial charge in [-0.25, -0.2) is 0 Å². The van der Waals surface area contributed by atoms with Crippen LogP contribution in [0.25, 0.3) is 0 Å². The fourth-order valence-electron chi connectivity index (χ4n) is 1.16. The number of nitrogens with one attached hydrogen (secondary N) is 1. The third-order valence-corrected chi connectivity index (χ3v) is 3.75. The van der Waals surface area contributed by atoms with Gasteiger partial charge in [0.15, 0.2) is 0 Å². The normalized spacial score (nSPS) is 12.2. The topological polar surface area (TPSA) is 84.7 Å². The van der Waals surface area contributed by atoms with Crippen LogP contribution in [0.15, 0.2) is 0 Å². The minimum atomic E-state index is -3.35. The standard InChI is InChI=1S/C9H23N3O3S/c1-12(8-5-3-4-6-10)16(13,14)11-7-9-15-2/h11H,3-10H2,1-2H3. The van der Waals surface area contributed by atoms with Gasteiger partial charge in [-0.05, 0) is 19.4 Å².